The first kappa shape index (κ1) is 14.4. The van der Waals surface area contributed by atoms with Crippen LogP contribution in [-0.4, -0.2) is 12.1 Å². The smallest absolute Gasteiger partial charge is 0.0406 e. The Kier molecular flexibility index (Phi) is 5.01. The molecular formula is C18H26ClN. The van der Waals surface area contributed by atoms with E-state index >= 15 is 0 Å². The van der Waals surface area contributed by atoms with Gasteiger partial charge in [0.1, 0.15) is 0 Å². The van der Waals surface area contributed by atoms with Crippen LogP contribution in [0.5, 0.6) is 0 Å². The van der Waals surface area contributed by atoms with Gasteiger partial charge in [-0.3, -0.25) is 0 Å². The van der Waals surface area contributed by atoms with Crippen molar-refractivity contribution < 1.29 is 0 Å². The molecule has 2 aliphatic carbocycles. The van der Waals surface area contributed by atoms with Gasteiger partial charge in [-0.2, -0.15) is 0 Å². The van der Waals surface area contributed by atoms with Crippen LogP contribution in [0.15, 0.2) is 24.3 Å². The summed E-state index contributed by atoms with van der Waals surface area (Å²) in [5, 5.41) is 4.75. The third kappa shape index (κ3) is 3.77. The van der Waals surface area contributed by atoms with Crippen LogP contribution in [0.1, 0.15) is 69.3 Å². The Morgan fingerprint density at radius 1 is 0.800 bits per heavy atom. The Hall–Kier alpha value is -0.530. The predicted molar refractivity (Wildman–Crippen MR) is 86.5 cm³/mol. The number of hydrogen-bond acceptors (Lipinski definition) is 1. The van der Waals surface area contributed by atoms with Gasteiger partial charge in [-0.25, -0.2) is 0 Å². The summed E-state index contributed by atoms with van der Waals surface area (Å²) in [4.78, 5) is 0. The van der Waals surface area contributed by atoms with Gasteiger partial charge in [-0.1, -0.05) is 55.8 Å². The highest BCUT2D eigenvalue weighted by atomic mass is 35.5. The second-order valence-corrected chi connectivity index (χ2v) is 7.06. The number of benzene rings is 1. The van der Waals surface area contributed by atoms with Crippen molar-refractivity contribution in [2.45, 2.75) is 75.8 Å². The Bertz CT molecular complexity index is 400. The van der Waals surface area contributed by atoms with Gasteiger partial charge in [0.05, 0.1) is 0 Å². The average Bonchev–Trinajstić information content (AvgIpc) is 2.37. The Balaban J connectivity index is 1.44. The molecule has 3 rings (SSSR count). The molecule has 0 heterocycles. The summed E-state index contributed by atoms with van der Waals surface area (Å²) < 4.78 is 0. The molecule has 2 aliphatic rings. The van der Waals surface area contributed by atoms with E-state index in [0.717, 1.165) is 23.0 Å². The molecule has 0 radical (unpaired) electrons. The Morgan fingerprint density at radius 2 is 1.40 bits per heavy atom. The third-order valence-electron chi connectivity index (χ3n) is 5.06. The van der Waals surface area contributed by atoms with Gasteiger partial charge in [0.25, 0.3) is 0 Å². The minimum Gasteiger partial charge on any atom is -0.311 e. The maximum atomic E-state index is 5.95. The molecular weight excluding hydrogens is 266 g/mol. The van der Waals surface area contributed by atoms with E-state index in [4.69, 9.17) is 11.6 Å². The van der Waals surface area contributed by atoms with E-state index in [0.29, 0.717) is 0 Å². The molecule has 110 valence electrons. The van der Waals surface area contributed by atoms with Gasteiger partial charge in [-0.05, 0) is 49.3 Å². The molecule has 20 heavy (non-hydrogen) atoms. The molecule has 2 fully saturated rings. The molecule has 0 aliphatic heterocycles. The molecule has 1 aromatic rings. The summed E-state index contributed by atoms with van der Waals surface area (Å²) in [7, 11) is 0. The lowest BCUT2D eigenvalue weighted by Gasteiger charge is -2.39. The van der Waals surface area contributed by atoms with Crippen LogP contribution in [-0.2, 0) is 0 Å². The van der Waals surface area contributed by atoms with Crippen LogP contribution in [0.3, 0.4) is 0 Å². The van der Waals surface area contributed by atoms with Gasteiger partial charge in [0, 0.05) is 17.1 Å². The zero-order valence-corrected chi connectivity index (χ0v) is 13.0. The Labute approximate surface area is 128 Å². The maximum absolute atomic E-state index is 5.95. The van der Waals surface area contributed by atoms with Crippen molar-refractivity contribution in [2.24, 2.45) is 0 Å². The van der Waals surface area contributed by atoms with Gasteiger partial charge in [0.15, 0.2) is 0 Å². The normalized spacial score (nSPS) is 28.4. The number of nitrogens with one attached hydrogen (secondary N) is 1. The molecule has 0 bridgehead atoms. The molecule has 2 saturated carbocycles. The van der Waals surface area contributed by atoms with Crippen LogP contribution in [0, 0.1) is 0 Å². The van der Waals surface area contributed by atoms with E-state index < -0.39 is 0 Å². The van der Waals surface area contributed by atoms with E-state index in [-0.39, 0.29) is 0 Å². The molecule has 2 heteroatoms. The van der Waals surface area contributed by atoms with Crippen molar-refractivity contribution in [3.63, 3.8) is 0 Å². The van der Waals surface area contributed by atoms with Crippen molar-refractivity contribution in [1.82, 2.24) is 5.32 Å². The second-order valence-electron chi connectivity index (χ2n) is 6.63. The van der Waals surface area contributed by atoms with Gasteiger partial charge < -0.3 is 5.32 Å². The SMILES string of the molecule is Clc1ccc(C2CC(NC3CCCCCCC3)C2)cc1. The molecule has 1 aromatic carbocycles. The minimum absolute atomic E-state index is 0.748. The molecule has 0 unspecified atom stereocenters. The number of halogens is 1. The average molecular weight is 292 g/mol. The number of rotatable bonds is 3. The highest BCUT2D eigenvalue weighted by Gasteiger charge is 2.31. The van der Waals surface area contributed by atoms with Gasteiger partial charge in [0.2, 0.25) is 0 Å². The first-order valence-corrected chi connectivity index (χ1v) is 8.70. The zero-order chi connectivity index (χ0) is 13.8. The van der Waals surface area contributed by atoms with Crippen LogP contribution in [0.25, 0.3) is 0 Å². The van der Waals surface area contributed by atoms with E-state index in [9.17, 15) is 0 Å². The quantitative estimate of drug-likeness (QED) is 0.798. The summed E-state index contributed by atoms with van der Waals surface area (Å²) in [5.74, 6) is 0.748. The summed E-state index contributed by atoms with van der Waals surface area (Å²) in [6.45, 7) is 0. The first-order chi connectivity index (χ1) is 9.81. The fourth-order valence-electron chi connectivity index (χ4n) is 3.72. The lowest BCUT2D eigenvalue weighted by atomic mass is 9.75. The lowest BCUT2D eigenvalue weighted by Crippen LogP contribution is -2.45. The van der Waals surface area contributed by atoms with E-state index in [1.165, 1.54) is 63.4 Å². The van der Waals surface area contributed by atoms with E-state index in [1.807, 2.05) is 12.1 Å². The topological polar surface area (TPSA) is 12.0 Å². The third-order valence-corrected chi connectivity index (χ3v) is 5.31. The number of hydrogen-bond donors (Lipinski definition) is 1. The summed E-state index contributed by atoms with van der Waals surface area (Å²) in [6.07, 6.45) is 12.6. The summed E-state index contributed by atoms with van der Waals surface area (Å²) in [6, 6.07) is 9.96. The highest BCUT2D eigenvalue weighted by molar-refractivity contribution is 6.30. The molecule has 0 aromatic heterocycles. The molecule has 0 spiro atoms. The van der Waals surface area contributed by atoms with Crippen molar-refractivity contribution in [1.29, 1.82) is 0 Å². The summed E-state index contributed by atoms with van der Waals surface area (Å²) in [5.41, 5.74) is 1.46. The molecule has 1 N–H and O–H groups in total. The van der Waals surface area contributed by atoms with Gasteiger partial charge in [-0.15, -0.1) is 0 Å². The molecule has 0 atom stereocenters. The van der Waals surface area contributed by atoms with Crippen molar-refractivity contribution in [3.8, 4) is 0 Å². The fraction of sp³-hybridized carbons (Fsp3) is 0.667. The van der Waals surface area contributed by atoms with E-state index in [2.05, 4.69) is 17.4 Å². The lowest BCUT2D eigenvalue weighted by molar-refractivity contribution is 0.245. The van der Waals surface area contributed by atoms with Crippen LogP contribution in [0.4, 0.5) is 0 Å². The summed E-state index contributed by atoms with van der Waals surface area (Å²) >= 11 is 5.95. The van der Waals surface area contributed by atoms with Crippen molar-refractivity contribution in [2.75, 3.05) is 0 Å². The van der Waals surface area contributed by atoms with Crippen LogP contribution >= 0.6 is 11.6 Å². The maximum Gasteiger partial charge on any atom is 0.0406 e. The largest absolute Gasteiger partial charge is 0.311 e. The minimum atomic E-state index is 0.748. The molecule has 0 amide bonds. The molecule has 1 nitrogen and oxygen atoms in total. The van der Waals surface area contributed by atoms with Gasteiger partial charge >= 0.3 is 0 Å². The second kappa shape index (κ2) is 6.95. The fourth-order valence-corrected chi connectivity index (χ4v) is 3.84. The zero-order valence-electron chi connectivity index (χ0n) is 12.3. The van der Waals surface area contributed by atoms with Crippen LogP contribution < -0.4 is 5.32 Å². The molecule has 0 saturated heterocycles. The predicted octanol–water partition coefficient (Wildman–Crippen LogP) is 5.29. The monoisotopic (exact) mass is 291 g/mol. The first-order valence-electron chi connectivity index (χ1n) is 8.33. The van der Waals surface area contributed by atoms with Crippen LogP contribution in [0.2, 0.25) is 5.02 Å². The highest BCUT2D eigenvalue weighted by Crippen LogP contribution is 2.37. The van der Waals surface area contributed by atoms with E-state index in [1.54, 1.807) is 0 Å². The van der Waals surface area contributed by atoms with Crippen molar-refractivity contribution >= 4 is 11.6 Å². The Morgan fingerprint density at radius 3 is 2.05 bits per heavy atom. The standard InChI is InChI=1S/C18H26ClN/c19-16-10-8-14(9-11-16)15-12-18(13-15)20-17-6-4-2-1-3-5-7-17/h8-11,15,17-18,20H,1-7,12-13H2. The van der Waals surface area contributed by atoms with Crippen molar-refractivity contribution in [3.05, 3.63) is 34.9 Å².